The minimum Gasteiger partial charge on any atom is -0.493 e. The number of allylic oxidation sites excluding steroid dienone is 2. The smallest absolute Gasteiger partial charge is 0.327 e. The average molecular weight is 425 g/mol. The van der Waals surface area contributed by atoms with Crippen molar-refractivity contribution in [3.8, 4) is 11.5 Å². The molecule has 1 aliphatic heterocycles. The molecule has 164 valence electrons. The number of hydrogen-bond donors (Lipinski definition) is 3. The molecule has 1 aromatic heterocycles. The van der Waals surface area contributed by atoms with Crippen LogP contribution in [0, 0.1) is 5.41 Å². The number of Topliss-reactive ketones (excluding diaryl/α,β-unsaturated/α-hetero) is 1. The van der Waals surface area contributed by atoms with Gasteiger partial charge in [0.25, 0.3) is 5.56 Å². The van der Waals surface area contributed by atoms with Crippen molar-refractivity contribution in [2.75, 3.05) is 12.4 Å². The van der Waals surface area contributed by atoms with Crippen LogP contribution in [0.25, 0.3) is 0 Å². The van der Waals surface area contributed by atoms with Gasteiger partial charge in [0.05, 0.1) is 18.8 Å². The van der Waals surface area contributed by atoms with E-state index in [1.54, 1.807) is 19.2 Å². The summed E-state index contributed by atoms with van der Waals surface area (Å²) in [5.41, 5.74) is 0.977. The maximum absolute atomic E-state index is 13.2. The number of carbonyl (C=O) groups excluding carboxylic acids is 1. The molecule has 0 bridgehead atoms. The molecule has 0 radical (unpaired) electrons. The first-order valence-electron chi connectivity index (χ1n) is 10.3. The zero-order valence-electron chi connectivity index (χ0n) is 18.3. The number of fused-ring (bicyclic) bond motifs is 1. The van der Waals surface area contributed by atoms with Crippen molar-refractivity contribution >= 4 is 11.6 Å². The van der Waals surface area contributed by atoms with E-state index in [1.807, 2.05) is 33.8 Å². The molecule has 8 nitrogen and oxygen atoms in total. The van der Waals surface area contributed by atoms with Crippen LogP contribution in [-0.2, 0) is 4.79 Å². The number of anilines is 1. The van der Waals surface area contributed by atoms with E-state index in [0.717, 1.165) is 5.70 Å². The number of nitrogens with one attached hydrogen (secondary N) is 3. The third kappa shape index (κ3) is 3.78. The zero-order valence-corrected chi connectivity index (χ0v) is 18.3. The van der Waals surface area contributed by atoms with Crippen molar-refractivity contribution in [2.45, 2.75) is 52.6 Å². The fourth-order valence-corrected chi connectivity index (χ4v) is 4.49. The topological polar surface area (TPSA) is 113 Å². The van der Waals surface area contributed by atoms with Crippen LogP contribution in [0.1, 0.15) is 57.6 Å². The number of hydrogen-bond acceptors (Lipinski definition) is 6. The highest BCUT2D eigenvalue weighted by Crippen LogP contribution is 2.48. The Balaban J connectivity index is 1.95. The number of aromatic nitrogens is 2. The van der Waals surface area contributed by atoms with E-state index in [4.69, 9.17) is 9.47 Å². The first-order chi connectivity index (χ1) is 14.6. The van der Waals surface area contributed by atoms with Gasteiger partial charge < -0.3 is 14.8 Å². The molecule has 0 fully saturated rings. The highest BCUT2D eigenvalue weighted by Gasteiger charge is 2.42. The Kier molecular flexibility index (Phi) is 5.03. The molecule has 0 amide bonds. The Labute approximate surface area is 179 Å². The van der Waals surface area contributed by atoms with Gasteiger partial charge in [-0.15, -0.1) is 0 Å². The molecule has 1 aliphatic carbocycles. The van der Waals surface area contributed by atoms with E-state index in [0.29, 0.717) is 46.9 Å². The van der Waals surface area contributed by atoms with Crippen molar-refractivity contribution in [3.05, 3.63) is 61.4 Å². The van der Waals surface area contributed by atoms with Crippen LogP contribution in [0.2, 0.25) is 0 Å². The van der Waals surface area contributed by atoms with E-state index in [-0.39, 0.29) is 17.3 Å². The molecule has 2 aromatic rings. The second-order valence-electron chi connectivity index (χ2n) is 9.17. The normalized spacial score (nSPS) is 19.5. The number of benzene rings is 1. The molecule has 0 saturated carbocycles. The van der Waals surface area contributed by atoms with Gasteiger partial charge in [0, 0.05) is 23.6 Å². The quantitative estimate of drug-likeness (QED) is 0.694. The predicted molar refractivity (Wildman–Crippen MR) is 117 cm³/mol. The number of aromatic amines is 2. The van der Waals surface area contributed by atoms with Gasteiger partial charge in [-0.2, -0.15) is 0 Å². The Morgan fingerprint density at radius 3 is 2.48 bits per heavy atom. The minimum atomic E-state index is -0.627. The highest BCUT2D eigenvalue weighted by atomic mass is 16.5. The van der Waals surface area contributed by atoms with Crippen molar-refractivity contribution < 1.29 is 14.3 Å². The number of ketones is 1. The van der Waals surface area contributed by atoms with Crippen LogP contribution >= 0.6 is 0 Å². The minimum absolute atomic E-state index is 0.0125. The Morgan fingerprint density at radius 1 is 1.06 bits per heavy atom. The van der Waals surface area contributed by atoms with Crippen LogP contribution in [0.4, 0.5) is 5.82 Å². The first kappa shape index (κ1) is 21.0. The molecule has 2 aliphatic rings. The summed E-state index contributed by atoms with van der Waals surface area (Å²) in [7, 11) is 1.55. The van der Waals surface area contributed by atoms with Crippen LogP contribution in [0.3, 0.4) is 0 Å². The van der Waals surface area contributed by atoms with Crippen molar-refractivity contribution in [3.63, 3.8) is 0 Å². The molecule has 0 saturated heterocycles. The number of ether oxygens (including phenoxy) is 2. The predicted octanol–water partition coefficient (Wildman–Crippen LogP) is 3.06. The summed E-state index contributed by atoms with van der Waals surface area (Å²) in [6.45, 7) is 7.91. The van der Waals surface area contributed by atoms with Gasteiger partial charge in [0.1, 0.15) is 5.82 Å². The number of methoxy groups -OCH3 is 1. The molecule has 1 aromatic carbocycles. The van der Waals surface area contributed by atoms with E-state index in [2.05, 4.69) is 15.3 Å². The third-order valence-corrected chi connectivity index (χ3v) is 5.64. The molecule has 1 atom stereocenters. The second kappa shape index (κ2) is 7.44. The molecule has 1 unspecified atom stereocenters. The van der Waals surface area contributed by atoms with Gasteiger partial charge in [-0.05, 0) is 43.4 Å². The first-order valence-corrected chi connectivity index (χ1v) is 10.3. The lowest BCUT2D eigenvalue weighted by Crippen LogP contribution is -2.38. The van der Waals surface area contributed by atoms with Gasteiger partial charge in [0.2, 0.25) is 0 Å². The van der Waals surface area contributed by atoms with Crippen LogP contribution in [0.15, 0.2) is 39.1 Å². The highest BCUT2D eigenvalue weighted by molar-refractivity contribution is 6.01. The molecule has 3 N–H and O–H groups in total. The molecular formula is C23H27N3O5. The summed E-state index contributed by atoms with van der Waals surface area (Å²) in [4.78, 5) is 43.0. The number of carbonyl (C=O) groups is 1. The lowest BCUT2D eigenvalue weighted by atomic mass is 9.69. The second-order valence-corrected chi connectivity index (χ2v) is 9.17. The number of H-pyrrole nitrogens is 2. The lowest BCUT2D eigenvalue weighted by Gasteiger charge is -2.38. The van der Waals surface area contributed by atoms with E-state index < -0.39 is 17.2 Å². The van der Waals surface area contributed by atoms with Crippen LogP contribution in [-0.4, -0.2) is 29.0 Å². The Morgan fingerprint density at radius 2 is 1.81 bits per heavy atom. The molecule has 0 spiro atoms. The standard InChI is InChI=1S/C23H27N3O5/c1-11(2)31-15-7-6-12(8-16(15)30-5)17-18-13(9-23(3,4)10-14(18)27)24-20-19(17)21(28)26-22(29)25-20/h6-8,11,17H,9-10H2,1-5H3,(H3,24,25,26,28,29). The van der Waals surface area contributed by atoms with E-state index in [9.17, 15) is 14.4 Å². The lowest BCUT2D eigenvalue weighted by molar-refractivity contribution is -0.118. The van der Waals surface area contributed by atoms with E-state index in [1.165, 1.54) is 0 Å². The van der Waals surface area contributed by atoms with Crippen LogP contribution < -0.4 is 26.0 Å². The van der Waals surface area contributed by atoms with E-state index >= 15 is 0 Å². The molecular weight excluding hydrogens is 398 g/mol. The SMILES string of the molecule is COc1cc(C2C3=C(CC(C)(C)CC3=O)Nc3[nH]c(=O)[nH]c(=O)c32)ccc1OC(C)C. The van der Waals surface area contributed by atoms with Crippen molar-refractivity contribution in [1.29, 1.82) is 0 Å². The summed E-state index contributed by atoms with van der Waals surface area (Å²) in [5.74, 6) is 0.775. The van der Waals surface area contributed by atoms with Crippen molar-refractivity contribution in [2.24, 2.45) is 5.41 Å². The maximum atomic E-state index is 13.2. The molecule has 4 rings (SSSR count). The van der Waals surface area contributed by atoms with Gasteiger partial charge >= 0.3 is 5.69 Å². The summed E-state index contributed by atoms with van der Waals surface area (Å²) in [6, 6.07) is 5.41. The Hall–Kier alpha value is -3.29. The van der Waals surface area contributed by atoms with Crippen LogP contribution in [0.5, 0.6) is 11.5 Å². The maximum Gasteiger partial charge on any atom is 0.327 e. The summed E-state index contributed by atoms with van der Waals surface area (Å²) < 4.78 is 11.3. The van der Waals surface area contributed by atoms with Gasteiger partial charge in [0.15, 0.2) is 17.3 Å². The summed E-state index contributed by atoms with van der Waals surface area (Å²) >= 11 is 0. The summed E-state index contributed by atoms with van der Waals surface area (Å²) in [6.07, 6.45) is 0.973. The van der Waals surface area contributed by atoms with Gasteiger partial charge in [-0.1, -0.05) is 19.9 Å². The average Bonchev–Trinajstić information content (AvgIpc) is 2.65. The molecule has 8 heteroatoms. The fourth-order valence-electron chi connectivity index (χ4n) is 4.49. The fraction of sp³-hybridized carbons (Fsp3) is 0.435. The molecule has 31 heavy (non-hydrogen) atoms. The van der Waals surface area contributed by atoms with Crippen molar-refractivity contribution in [1.82, 2.24) is 9.97 Å². The zero-order chi connectivity index (χ0) is 22.5. The largest absolute Gasteiger partial charge is 0.493 e. The summed E-state index contributed by atoms with van der Waals surface area (Å²) in [5, 5.41) is 3.16. The monoisotopic (exact) mass is 425 g/mol. The number of rotatable bonds is 4. The van der Waals surface area contributed by atoms with Gasteiger partial charge in [-0.25, -0.2) is 4.79 Å². The third-order valence-electron chi connectivity index (χ3n) is 5.64. The Bertz CT molecular complexity index is 1200. The van der Waals surface area contributed by atoms with Gasteiger partial charge in [-0.3, -0.25) is 19.6 Å². The molecule has 2 heterocycles.